The predicted molar refractivity (Wildman–Crippen MR) is 39.2 cm³/mol. The van der Waals surface area contributed by atoms with Crippen molar-refractivity contribution in [2.75, 3.05) is 0 Å². The highest BCUT2D eigenvalue weighted by Gasteiger charge is 2.37. The molecule has 0 N–H and O–H groups in total. The molecule has 0 saturated heterocycles. The van der Waals surface area contributed by atoms with E-state index < -0.39 is 22.5 Å². The normalized spacial score (nSPS) is 38.5. The molecule has 1 rings (SSSR count). The number of hydrogen-bond donors (Lipinski definition) is 0. The van der Waals surface area contributed by atoms with E-state index in [0.29, 0.717) is 12.8 Å². The summed E-state index contributed by atoms with van der Waals surface area (Å²) >= 11 is 5.63. The van der Waals surface area contributed by atoms with Gasteiger partial charge in [-0.05, 0) is 12.8 Å². The van der Waals surface area contributed by atoms with Crippen molar-refractivity contribution < 1.29 is 9.31 Å². The minimum atomic E-state index is -1.04. The van der Waals surface area contributed by atoms with Crippen LogP contribution in [-0.2, 0) is 0 Å². The van der Waals surface area contributed by atoms with Crippen LogP contribution in [0, 0.1) is 10.1 Å². The smallest absolute Gasteiger partial charge is 0.232 e. The van der Waals surface area contributed by atoms with Gasteiger partial charge in [-0.3, -0.25) is 10.1 Å². The van der Waals surface area contributed by atoms with Gasteiger partial charge in [0.05, 0.1) is 0 Å². The number of rotatable bonds is 1. The molecule has 3 atom stereocenters. The van der Waals surface area contributed by atoms with Crippen LogP contribution in [0.5, 0.6) is 0 Å². The molecule has 1 saturated carbocycles. The van der Waals surface area contributed by atoms with Crippen LogP contribution in [0.25, 0.3) is 0 Å². The molecule has 1 fully saturated rings. The molecule has 0 aromatic carbocycles. The molecule has 64 valence electrons. The molecule has 0 aliphatic heterocycles. The molecule has 5 heteroatoms. The molecule has 0 amide bonds. The summed E-state index contributed by atoms with van der Waals surface area (Å²) in [6.07, 6.45) is -0.297. The van der Waals surface area contributed by atoms with Crippen LogP contribution in [0.1, 0.15) is 19.3 Å². The molecular formula is C6H9ClFNO2. The molecule has 1 aliphatic carbocycles. The summed E-state index contributed by atoms with van der Waals surface area (Å²) in [5.74, 6) is 0. The number of halogens is 2. The van der Waals surface area contributed by atoms with Gasteiger partial charge in [-0.25, -0.2) is 4.39 Å². The van der Waals surface area contributed by atoms with Gasteiger partial charge < -0.3 is 0 Å². The quantitative estimate of drug-likeness (QED) is 0.352. The molecule has 11 heavy (non-hydrogen) atoms. The topological polar surface area (TPSA) is 43.1 Å². The third-order valence-corrected chi connectivity index (χ3v) is 2.45. The van der Waals surface area contributed by atoms with Crippen molar-refractivity contribution >= 4 is 11.6 Å². The average molecular weight is 182 g/mol. The fourth-order valence-corrected chi connectivity index (χ4v) is 1.60. The first-order valence-electron chi connectivity index (χ1n) is 3.53. The first-order valence-corrected chi connectivity index (χ1v) is 3.96. The van der Waals surface area contributed by atoms with E-state index in [0.717, 1.165) is 0 Å². The minimum absolute atomic E-state index is 0.0266. The van der Waals surface area contributed by atoms with Crippen LogP contribution in [-0.4, -0.2) is 22.5 Å². The van der Waals surface area contributed by atoms with E-state index in [1.807, 2.05) is 0 Å². The van der Waals surface area contributed by atoms with Crippen molar-refractivity contribution in [3.63, 3.8) is 0 Å². The van der Waals surface area contributed by atoms with E-state index in [2.05, 4.69) is 0 Å². The zero-order chi connectivity index (χ0) is 8.43. The Hall–Kier alpha value is -0.380. The summed E-state index contributed by atoms with van der Waals surface area (Å²) < 4.78 is 12.6. The van der Waals surface area contributed by atoms with Crippen molar-refractivity contribution in [2.24, 2.45) is 0 Å². The Morgan fingerprint density at radius 2 is 2.18 bits per heavy atom. The van der Waals surface area contributed by atoms with Gasteiger partial charge in [0, 0.05) is 11.3 Å². The van der Waals surface area contributed by atoms with Crippen LogP contribution >= 0.6 is 11.6 Å². The van der Waals surface area contributed by atoms with E-state index in [-0.39, 0.29) is 6.42 Å². The van der Waals surface area contributed by atoms with Crippen molar-refractivity contribution in [1.29, 1.82) is 0 Å². The molecular weight excluding hydrogens is 173 g/mol. The molecule has 3 unspecified atom stereocenters. The number of nitro groups is 1. The number of hydrogen-bond acceptors (Lipinski definition) is 2. The van der Waals surface area contributed by atoms with Gasteiger partial charge >= 0.3 is 0 Å². The van der Waals surface area contributed by atoms with E-state index >= 15 is 0 Å². The SMILES string of the molecule is O=[N+]([O-])C1CC(F)CCC1Cl. The Morgan fingerprint density at radius 3 is 2.64 bits per heavy atom. The highest BCUT2D eigenvalue weighted by Crippen LogP contribution is 2.27. The van der Waals surface area contributed by atoms with Gasteiger partial charge in [0.25, 0.3) is 0 Å². The van der Waals surface area contributed by atoms with E-state index in [9.17, 15) is 14.5 Å². The summed E-state index contributed by atoms with van der Waals surface area (Å²) in [7, 11) is 0. The van der Waals surface area contributed by atoms with Gasteiger partial charge in [-0.2, -0.15) is 0 Å². The van der Waals surface area contributed by atoms with Crippen LogP contribution < -0.4 is 0 Å². The molecule has 0 aromatic heterocycles. The second-order valence-electron chi connectivity index (χ2n) is 2.78. The Bertz CT molecular complexity index is 167. The maximum Gasteiger partial charge on any atom is 0.232 e. The molecule has 0 heterocycles. The van der Waals surface area contributed by atoms with Gasteiger partial charge in [0.1, 0.15) is 11.5 Å². The van der Waals surface area contributed by atoms with Gasteiger partial charge in [-0.15, -0.1) is 11.6 Å². The lowest BCUT2D eigenvalue weighted by Gasteiger charge is -2.22. The van der Waals surface area contributed by atoms with Gasteiger partial charge in [-0.1, -0.05) is 0 Å². The molecule has 0 radical (unpaired) electrons. The van der Waals surface area contributed by atoms with Crippen LogP contribution in [0.4, 0.5) is 4.39 Å². The van der Waals surface area contributed by atoms with Gasteiger partial charge in [0.15, 0.2) is 0 Å². The molecule has 0 spiro atoms. The number of alkyl halides is 2. The van der Waals surface area contributed by atoms with Crippen molar-refractivity contribution in [3.05, 3.63) is 10.1 Å². The maximum atomic E-state index is 12.6. The monoisotopic (exact) mass is 181 g/mol. The lowest BCUT2D eigenvalue weighted by molar-refractivity contribution is -0.526. The minimum Gasteiger partial charge on any atom is -0.264 e. The Labute approximate surface area is 68.7 Å². The molecule has 0 bridgehead atoms. The highest BCUT2D eigenvalue weighted by molar-refractivity contribution is 6.21. The summed E-state index contributed by atoms with van der Waals surface area (Å²) in [5.41, 5.74) is 0. The Morgan fingerprint density at radius 1 is 1.55 bits per heavy atom. The molecule has 0 aromatic rings. The molecule has 1 aliphatic rings. The van der Waals surface area contributed by atoms with Crippen molar-refractivity contribution in [3.8, 4) is 0 Å². The summed E-state index contributed by atoms with van der Waals surface area (Å²) in [6.45, 7) is 0. The van der Waals surface area contributed by atoms with E-state index in [1.54, 1.807) is 0 Å². The maximum absolute atomic E-state index is 12.6. The van der Waals surface area contributed by atoms with Crippen LogP contribution in [0.3, 0.4) is 0 Å². The lowest BCUT2D eigenvalue weighted by atomic mass is 9.94. The van der Waals surface area contributed by atoms with Crippen LogP contribution in [0.15, 0.2) is 0 Å². The second kappa shape index (κ2) is 3.34. The zero-order valence-electron chi connectivity index (χ0n) is 5.87. The fraction of sp³-hybridized carbons (Fsp3) is 1.00. The zero-order valence-corrected chi connectivity index (χ0v) is 6.63. The number of nitrogens with zero attached hydrogens (tertiary/aromatic N) is 1. The van der Waals surface area contributed by atoms with Crippen LogP contribution in [0.2, 0.25) is 0 Å². The summed E-state index contributed by atoms with van der Waals surface area (Å²) in [6, 6.07) is -0.889. The first-order chi connectivity index (χ1) is 5.11. The lowest BCUT2D eigenvalue weighted by Crippen LogP contribution is -2.37. The average Bonchev–Trinajstić information content (AvgIpc) is 1.94. The van der Waals surface area contributed by atoms with E-state index in [1.165, 1.54) is 0 Å². The fourth-order valence-electron chi connectivity index (χ4n) is 1.28. The second-order valence-corrected chi connectivity index (χ2v) is 3.34. The van der Waals surface area contributed by atoms with E-state index in [4.69, 9.17) is 11.6 Å². The largest absolute Gasteiger partial charge is 0.264 e. The summed E-state index contributed by atoms with van der Waals surface area (Å²) in [5, 5.41) is 9.78. The highest BCUT2D eigenvalue weighted by atomic mass is 35.5. The first kappa shape index (κ1) is 8.71. The third-order valence-electron chi connectivity index (χ3n) is 1.94. The van der Waals surface area contributed by atoms with Crippen molar-refractivity contribution in [2.45, 2.75) is 36.9 Å². The Kier molecular flexibility index (Phi) is 2.65. The Balaban J connectivity index is 2.54. The van der Waals surface area contributed by atoms with Crippen molar-refractivity contribution in [1.82, 2.24) is 0 Å². The van der Waals surface area contributed by atoms with Gasteiger partial charge in [0.2, 0.25) is 6.04 Å². The predicted octanol–water partition coefficient (Wildman–Crippen LogP) is 1.76. The standard InChI is InChI=1S/C6H9ClFNO2/c7-5-2-1-4(8)3-6(5)9(10)11/h4-6H,1-3H2. The third kappa shape index (κ3) is 2.02. The summed E-state index contributed by atoms with van der Waals surface area (Å²) in [4.78, 5) is 9.78. The molecule has 3 nitrogen and oxygen atoms in total.